The number of hydrogen-bond donors (Lipinski definition) is 1. The second-order valence-corrected chi connectivity index (χ2v) is 1.79. The van der Waals surface area contributed by atoms with Gasteiger partial charge in [-0.2, -0.15) is 5.26 Å². The number of hydrogen-bond acceptors (Lipinski definition) is 3. The van der Waals surface area contributed by atoms with E-state index in [-0.39, 0.29) is 5.71 Å². The van der Waals surface area contributed by atoms with E-state index in [1.807, 2.05) is 6.07 Å². The van der Waals surface area contributed by atoms with Crippen molar-refractivity contribution in [2.45, 2.75) is 0 Å². The summed E-state index contributed by atoms with van der Waals surface area (Å²) in [6.45, 7) is 0. The first-order valence-corrected chi connectivity index (χ1v) is 2.76. The normalized spacial score (nSPS) is 26.7. The third-order valence-electron chi connectivity index (χ3n) is 1.17. The van der Waals surface area contributed by atoms with Crippen LogP contribution in [0.5, 0.6) is 0 Å². The van der Waals surface area contributed by atoms with Gasteiger partial charge in [-0.1, -0.05) is 23.4 Å². The largest absolute Gasteiger partial charge is 0.411 e. The molecule has 0 bridgehead atoms. The van der Waals surface area contributed by atoms with Gasteiger partial charge in [0.05, 0.1) is 6.07 Å². The number of nitriles is 1. The molecule has 0 aromatic rings. The van der Waals surface area contributed by atoms with Crippen molar-refractivity contribution < 1.29 is 5.21 Å². The van der Waals surface area contributed by atoms with E-state index in [4.69, 9.17) is 10.5 Å². The Balaban J connectivity index is 2.87. The maximum Gasteiger partial charge on any atom is 0.111 e. The minimum absolute atomic E-state index is 0.269. The Morgan fingerprint density at radius 1 is 1.80 bits per heavy atom. The minimum atomic E-state index is -0.449. The Hall–Kier alpha value is -1.56. The number of nitrogens with zero attached hydrogens (tertiary/aromatic N) is 2. The summed E-state index contributed by atoms with van der Waals surface area (Å²) in [6, 6.07) is 1.94. The van der Waals surface area contributed by atoms with E-state index >= 15 is 0 Å². The molecular weight excluding hydrogens is 128 g/mol. The van der Waals surface area contributed by atoms with Gasteiger partial charge in [0.25, 0.3) is 0 Å². The highest BCUT2D eigenvalue weighted by Crippen LogP contribution is 2.06. The van der Waals surface area contributed by atoms with Gasteiger partial charge in [0.2, 0.25) is 0 Å². The van der Waals surface area contributed by atoms with Crippen molar-refractivity contribution in [3.8, 4) is 6.07 Å². The van der Waals surface area contributed by atoms with Gasteiger partial charge in [-0.15, -0.1) is 0 Å². The lowest BCUT2D eigenvalue weighted by Gasteiger charge is -2.02. The van der Waals surface area contributed by atoms with E-state index in [9.17, 15) is 0 Å². The van der Waals surface area contributed by atoms with Crippen molar-refractivity contribution in [3.05, 3.63) is 24.3 Å². The molecule has 0 spiro atoms. The van der Waals surface area contributed by atoms with Crippen LogP contribution in [-0.2, 0) is 0 Å². The molecule has 1 N–H and O–H groups in total. The molecule has 0 fully saturated rings. The van der Waals surface area contributed by atoms with Crippen LogP contribution in [0.25, 0.3) is 0 Å². The number of oxime groups is 1. The zero-order valence-corrected chi connectivity index (χ0v) is 5.15. The maximum atomic E-state index is 8.45. The maximum absolute atomic E-state index is 8.45. The van der Waals surface area contributed by atoms with Crippen molar-refractivity contribution >= 4 is 5.71 Å². The summed E-state index contributed by atoms with van der Waals surface area (Å²) in [5.41, 5.74) is 0.269. The van der Waals surface area contributed by atoms with Crippen molar-refractivity contribution in [3.63, 3.8) is 0 Å². The van der Waals surface area contributed by atoms with Crippen LogP contribution in [0.3, 0.4) is 0 Å². The summed E-state index contributed by atoms with van der Waals surface area (Å²) in [7, 11) is 0. The Kier molecular flexibility index (Phi) is 1.86. The molecule has 1 rings (SSSR count). The molecule has 1 radical (unpaired) electrons. The molecule has 0 aromatic heterocycles. The lowest BCUT2D eigenvalue weighted by molar-refractivity contribution is 0.317. The van der Waals surface area contributed by atoms with Crippen molar-refractivity contribution in [1.29, 1.82) is 5.26 Å². The predicted octanol–water partition coefficient (Wildman–Crippen LogP) is 0.886. The lowest BCUT2D eigenvalue weighted by Crippen LogP contribution is -2.09. The second kappa shape index (κ2) is 2.83. The molecule has 49 valence electrons. The zero-order valence-electron chi connectivity index (χ0n) is 5.15. The molecule has 10 heavy (non-hydrogen) atoms. The van der Waals surface area contributed by atoms with Crippen LogP contribution < -0.4 is 0 Å². The van der Waals surface area contributed by atoms with Gasteiger partial charge in [0, 0.05) is 6.08 Å². The quantitative estimate of drug-likeness (QED) is 0.394. The summed E-state index contributed by atoms with van der Waals surface area (Å²) in [5, 5.41) is 19.7. The average molecular weight is 133 g/mol. The highest BCUT2D eigenvalue weighted by molar-refractivity contribution is 5.97. The lowest BCUT2D eigenvalue weighted by atomic mass is 10.0. The van der Waals surface area contributed by atoms with E-state index in [0.717, 1.165) is 0 Å². The van der Waals surface area contributed by atoms with E-state index in [2.05, 4.69) is 11.2 Å². The molecule has 0 saturated carbocycles. The Labute approximate surface area is 58.6 Å². The number of allylic oxidation sites excluding steroid dienone is 4. The van der Waals surface area contributed by atoms with E-state index in [1.165, 1.54) is 0 Å². The molecule has 0 heterocycles. The summed E-state index contributed by atoms with van der Waals surface area (Å²) in [4.78, 5) is 0. The first kappa shape index (κ1) is 6.56. The Morgan fingerprint density at radius 3 is 3.10 bits per heavy atom. The van der Waals surface area contributed by atoms with E-state index in [0.29, 0.717) is 0 Å². The van der Waals surface area contributed by atoms with Crippen molar-refractivity contribution in [1.82, 2.24) is 0 Å². The predicted molar refractivity (Wildman–Crippen MR) is 35.3 cm³/mol. The van der Waals surface area contributed by atoms with Crippen LogP contribution in [0.2, 0.25) is 0 Å². The van der Waals surface area contributed by atoms with Crippen LogP contribution in [0.1, 0.15) is 0 Å². The van der Waals surface area contributed by atoms with Gasteiger partial charge in [-0.05, 0) is 0 Å². The molecule has 1 unspecified atom stereocenters. The summed E-state index contributed by atoms with van der Waals surface area (Å²) in [5.74, 6) is -0.449. The van der Waals surface area contributed by atoms with Gasteiger partial charge in [-0.25, -0.2) is 0 Å². The highest BCUT2D eigenvalue weighted by atomic mass is 16.4. The third-order valence-corrected chi connectivity index (χ3v) is 1.17. The van der Waals surface area contributed by atoms with Crippen molar-refractivity contribution in [2.24, 2.45) is 11.1 Å². The fourth-order valence-corrected chi connectivity index (χ4v) is 0.676. The molecular formula is C7H5N2O. The molecule has 0 saturated heterocycles. The Morgan fingerprint density at radius 2 is 2.60 bits per heavy atom. The van der Waals surface area contributed by atoms with Crippen LogP contribution in [-0.4, -0.2) is 10.9 Å². The second-order valence-electron chi connectivity index (χ2n) is 1.79. The summed E-state index contributed by atoms with van der Waals surface area (Å²) < 4.78 is 0. The van der Waals surface area contributed by atoms with Gasteiger partial charge in [0.1, 0.15) is 11.6 Å². The molecule has 1 aliphatic rings. The molecule has 1 atom stereocenters. The van der Waals surface area contributed by atoms with Gasteiger partial charge >= 0.3 is 0 Å². The minimum Gasteiger partial charge on any atom is -0.411 e. The molecule has 3 heteroatoms. The van der Waals surface area contributed by atoms with Gasteiger partial charge < -0.3 is 5.21 Å². The van der Waals surface area contributed by atoms with Crippen LogP contribution in [0.4, 0.5) is 0 Å². The fourth-order valence-electron chi connectivity index (χ4n) is 0.676. The highest BCUT2D eigenvalue weighted by Gasteiger charge is 2.11. The van der Waals surface area contributed by atoms with Crippen LogP contribution >= 0.6 is 0 Å². The SMILES string of the molecule is N#CC1C=CC=[C]C1=NO. The van der Waals surface area contributed by atoms with E-state index in [1.54, 1.807) is 18.2 Å². The van der Waals surface area contributed by atoms with Crippen LogP contribution in [0.15, 0.2) is 23.4 Å². The van der Waals surface area contributed by atoms with Gasteiger partial charge in [0.15, 0.2) is 0 Å². The first-order chi connectivity index (χ1) is 4.88. The van der Waals surface area contributed by atoms with Crippen molar-refractivity contribution in [2.75, 3.05) is 0 Å². The van der Waals surface area contributed by atoms with Crippen LogP contribution in [0, 0.1) is 23.3 Å². The average Bonchev–Trinajstić information content (AvgIpc) is 2.04. The first-order valence-electron chi connectivity index (χ1n) is 2.76. The molecule has 1 aliphatic carbocycles. The monoisotopic (exact) mass is 133 g/mol. The summed E-state index contributed by atoms with van der Waals surface area (Å²) in [6.07, 6.45) is 7.58. The Bertz CT molecular complexity index is 245. The molecule has 3 nitrogen and oxygen atoms in total. The molecule has 0 aromatic carbocycles. The smallest absolute Gasteiger partial charge is 0.111 e. The van der Waals surface area contributed by atoms with Gasteiger partial charge in [-0.3, -0.25) is 0 Å². The zero-order chi connectivity index (χ0) is 7.40. The van der Waals surface area contributed by atoms with E-state index < -0.39 is 5.92 Å². The molecule has 0 aliphatic heterocycles. The standard InChI is InChI=1S/C7H5N2O/c8-5-6-3-1-2-4-7(6)9-10/h1-3,6,10H. The summed E-state index contributed by atoms with van der Waals surface area (Å²) >= 11 is 0. The fraction of sp³-hybridized carbons (Fsp3) is 0.143. The third kappa shape index (κ3) is 1.06. The topological polar surface area (TPSA) is 56.4 Å². The molecule has 0 amide bonds. The number of rotatable bonds is 0.